The van der Waals surface area contributed by atoms with Gasteiger partial charge in [-0.3, -0.25) is 23.7 Å². The van der Waals surface area contributed by atoms with Crippen LogP contribution in [-0.4, -0.2) is 42.1 Å². The van der Waals surface area contributed by atoms with Crippen molar-refractivity contribution in [2.75, 3.05) is 18.9 Å². The van der Waals surface area contributed by atoms with E-state index in [-0.39, 0.29) is 18.2 Å². The van der Waals surface area contributed by atoms with Crippen LogP contribution in [0.25, 0.3) is 0 Å². The van der Waals surface area contributed by atoms with Gasteiger partial charge in [0.25, 0.3) is 0 Å². The Labute approximate surface area is 265 Å². The van der Waals surface area contributed by atoms with Gasteiger partial charge in [0.05, 0.1) is 18.9 Å². The van der Waals surface area contributed by atoms with Gasteiger partial charge in [-0.2, -0.15) is 0 Å². The Kier molecular flexibility index (Phi) is 10.3. The minimum atomic E-state index is -3.83. The molecule has 0 spiro atoms. The minimum Gasteiger partial charge on any atom is -0.328 e. The third-order valence-corrected chi connectivity index (χ3v) is 10.4. The SMILES string of the molecule is CCOP(=O)(CC(=O)c1c(C)cc(C)c(C(=O)c2ccccc2)c1C)CC(=O)c1c(C)cc(C)c(C(=O)c2ccccc2)c1C. The lowest BCUT2D eigenvalue weighted by molar-refractivity contribution is 0.101. The lowest BCUT2D eigenvalue weighted by atomic mass is 9.87. The zero-order valence-electron chi connectivity index (χ0n) is 26.9. The van der Waals surface area contributed by atoms with Gasteiger partial charge in [0, 0.05) is 33.4 Å². The van der Waals surface area contributed by atoms with Crippen molar-refractivity contribution >= 4 is 30.5 Å². The summed E-state index contributed by atoms with van der Waals surface area (Å²) in [6.07, 6.45) is -0.980. The first kappa shape index (κ1) is 33.6. The third kappa shape index (κ3) is 7.03. The molecular weight excluding hydrogens is 583 g/mol. The Morgan fingerprint density at radius 1 is 0.556 bits per heavy atom. The predicted octanol–water partition coefficient (Wildman–Crippen LogP) is 8.38. The van der Waals surface area contributed by atoms with Crippen LogP contribution in [0.2, 0.25) is 0 Å². The van der Waals surface area contributed by atoms with E-state index in [2.05, 4.69) is 0 Å². The molecule has 0 atom stereocenters. The number of hydrogen-bond acceptors (Lipinski definition) is 6. The fourth-order valence-electron chi connectivity index (χ4n) is 6.37. The summed E-state index contributed by atoms with van der Waals surface area (Å²) in [6.45, 7) is 12.4. The fourth-order valence-corrected chi connectivity index (χ4v) is 8.33. The van der Waals surface area contributed by atoms with E-state index < -0.39 is 31.3 Å². The van der Waals surface area contributed by atoms with Gasteiger partial charge in [-0.25, -0.2) is 0 Å². The van der Waals surface area contributed by atoms with Crippen molar-refractivity contribution in [3.05, 3.63) is 140 Å². The summed E-state index contributed by atoms with van der Waals surface area (Å²) in [7, 11) is -3.83. The maximum atomic E-state index is 14.2. The number of hydrogen-bond donors (Lipinski definition) is 0. The number of rotatable bonds is 12. The molecule has 0 fully saturated rings. The normalized spacial score (nSPS) is 11.4. The number of carbonyl (C=O) groups excluding carboxylic acids is 4. The van der Waals surface area contributed by atoms with Crippen molar-refractivity contribution < 1.29 is 28.3 Å². The number of ketones is 4. The molecular formula is C38H39O6P. The highest BCUT2D eigenvalue weighted by Crippen LogP contribution is 2.48. The monoisotopic (exact) mass is 622 g/mol. The smallest absolute Gasteiger partial charge is 0.218 e. The predicted molar refractivity (Wildman–Crippen MR) is 179 cm³/mol. The van der Waals surface area contributed by atoms with Crippen LogP contribution in [0, 0.1) is 41.5 Å². The maximum Gasteiger partial charge on any atom is 0.218 e. The Bertz CT molecular complexity index is 1720. The van der Waals surface area contributed by atoms with E-state index in [1.807, 2.05) is 26.0 Å². The van der Waals surface area contributed by atoms with E-state index in [0.717, 1.165) is 11.1 Å². The van der Waals surface area contributed by atoms with E-state index in [9.17, 15) is 23.7 Å². The molecule has 45 heavy (non-hydrogen) atoms. The fraction of sp³-hybridized carbons (Fsp3) is 0.263. The first-order valence-electron chi connectivity index (χ1n) is 15.0. The molecule has 4 rings (SSSR count). The lowest BCUT2D eigenvalue weighted by Gasteiger charge is -2.21. The van der Waals surface area contributed by atoms with E-state index in [1.54, 1.807) is 95.3 Å². The average molecular weight is 623 g/mol. The van der Waals surface area contributed by atoms with Crippen LogP contribution in [-0.2, 0) is 9.09 Å². The molecule has 0 saturated heterocycles. The molecule has 0 unspecified atom stereocenters. The van der Waals surface area contributed by atoms with Crippen molar-refractivity contribution in [1.29, 1.82) is 0 Å². The highest BCUT2D eigenvalue weighted by atomic mass is 31.2. The van der Waals surface area contributed by atoms with Gasteiger partial charge in [-0.15, -0.1) is 0 Å². The van der Waals surface area contributed by atoms with Crippen LogP contribution < -0.4 is 0 Å². The van der Waals surface area contributed by atoms with Crippen molar-refractivity contribution in [3.8, 4) is 0 Å². The molecule has 0 amide bonds. The highest BCUT2D eigenvalue weighted by Gasteiger charge is 2.34. The second kappa shape index (κ2) is 13.8. The van der Waals surface area contributed by atoms with Crippen molar-refractivity contribution in [1.82, 2.24) is 0 Å². The lowest BCUT2D eigenvalue weighted by Crippen LogP contribution is -2.20. The van der Waals surface area contributed by atoms with Gasteiger partial charge >= 0.3 is 0 Å². The summed E-state index contributed by atoms with van der Waals surface area (Å²) in [4.78, 5) is 54.7. The highest BCUT2D eigenvalue weighted by molar-refractivity contribution is 7.61. The summed E-state index contributed by atoms with van der Waals surface area (Å²) in [5.74, 6) is -1.30. The number of aryl methyl sites for hydroxylation is 4. The molecule has 6 nitrogen and oxygen atoms in total. The van der Waals surface area contributed by atoms with Gasteiger partial charge in [-0.05, 0) is 81.8 Å². The Morgan fingerprint density at radius 2 is 0.889 bits per heavy atom. The maximum absolute atomic E-state index is 14.2. The number of benzene rings is 4. The van der Waals surface area contributed by atoms with E-state index in [4.69, 9.17) is 4.52 Å². The second-order valence-corrected chi connectivity index (χ2v) is 14.1. The standard InChI is InChI=1S/C38H39O6P/c1-8-44-45(43,21-31(39)33-23(2)19-25(4)35(27(33)6)37(41)29-15-11-9-12-16-29)22-32(40)34-24(3)20-26(5)36(28(34)7)38(42)30-17-13-10-14-18-30/h9-20H,8,21-22H2,1-7H3. The average Bonchev–Trinajstić information content (AvgIpc) is 2.97. The summed E-state index contributed by atoms with van der Waals surface area (Å²) in [5, 5.41) is 0. The molecule has 0 heterocycles. The minimum absolute atomic E-state index is 0.0467. The van der Waals surface area contributed by atoms with Gasteiger partial charge in [-0.1, -0.05) is 72.8 Å². The molecule has 0 aromatic heterocycles. The van der Waals surface area contributed by atoms with Gasteiger partial charge in [0.15, 0.2) is 23.1 Å². The van der Waals surface area contributed by atoms with Crippen LogP contribution in [0.4, 0.5) is 0 Å². The molecule has 0 aliphatic rings. The Morgan fingerprint density at radius 3 is 1.22 bits per heavy atom. The Hall–Kier alpha value is -4.25. The Balaban J connectivity index is 1.69. The van der Waals surface area contributed by atoms with Crippen LogP contribution in [0.1, 0.15) is 92.9 Å². The molecule has 4 aromatic carbocycles. The summed E-state index contributed by atoms with van der Waals surface area (Å²) in [5.41, 5.74) is 6.30. The van der Waals surface area contributed by atoms with Gasteiger partial charge < -0.3 is 4.52 Å². The zero-order valence-corrected chi connectivity index (χ0v) is 27.8. The quantitative estimate of drug-likeness (QED) is 0.116. The first-order chi connectivity index (χ1) is 21.3. The van der Waals surface area contributed by atoms with Crippen molar-refractivity contribution in [2.24, 2.45) is 0 Å². The van der Waals surface area contributed by atoms with Crippen LogP contribution in [0.3, 0.4) is 0 Å². The molecule has 0 bridgehead atoms. The zero-order chi connectivity index (χ0) is 33.1. The van der Waals surface area contributed by atoms with E-state index in [0.29, 0.717) is 55.6 Å². The molecule has 7 heteroatoms. The molecule has 4 aromatic rings. The molecule has 0 aliphatic carbocycles. The molecule has 0 aliphatic heterocycles. The van der Waals surface area contributed by atoms with Crippen molar-refractivity contribution in [2.45, 2.75) is 48.5 Å². The summed E-state index contributed by atoms with van der Waals surface area (Å²) in [6, 6.07) is 21.3. The molecule has 0 N–H and O–H groups in total. The molecule has 0 saturated carbocycles. The topological polar surface area (TPSA) is 94.6 Å². The number of Topliss-reactive ketones (excluding diaryl/α,β-unsaturated/α-hetero) is 2. The first-order valence-corrected chi connectivity index (χ1v) is 17.0. The van der Waals surface area contributed by atoms with Gasteiger partial charge in [0.1, 0.15) is 0 Å². The van der Waals surface area contributed by atoms with E-state index in [1.165, 1.54) is 0 Å². The van der Waals surface area contributed by atoms with Gasteiger partial charge in [0.2, 0.25) is 7.37 Å². The van der Waals surface area contributed by atoms with Crippen LogP contribution in [0.5, 0.6) is 0 Å². The summed E-state index contributed by atoms with van der Waals surface area (Å²) < 4.78 is 19.9. The van der Waals surface area contributed by atoms with Crippen molar-refractivity contribution in [3.63, 3.8) is 0 Å². The summed E-state index contributed by atoms with van der Waals surface area (Å²) >= 11 is 0. The van der Waals surface area contributed by atoms with Crippen LogP contribution in [0.15, 0.2) is 72.8 Å². The second-order valence-electron chi connectivity index (χ2n) is 11.6. The van der Waals surface area contributed by atoms with E-state index >= 15 is 0 Å². The third-order valence-electron chi connectivity index (χ3n) is 8.16. The molecule has 0 radical (unpaired) electrons. The number of carbonyl (C=O) groups is 4. The molecule has 232 valence electrons. The largest absolute Gasteiger partial charge is 0.328 e. The van der Waals surface area contributed by atoms with Crippen LogP contribution >= 0.6 is 7.37 Å².